The summed E-state index contributed by atoms with van der Waals surface area (Å²) in [5.41, 5.74) is 1.13. The molecule has 4 heteroatoms. The van der Waals surface area contributed by atoms with Crippen LogP contribution in [0, 0.1) is 5.82 Å². The molecule has 0 fully saturated rings. The molecule has 0 bridgehead atoms. The Morgan fingerprint density at radius 3 is 2.87 bits per heavy atom. The van der Waals surface area contributed by atoms with Gasteiger partial charge in [-0.05, 0) is 35.0 Å². The normalized spacial score (nSPS) is 9.80. The van der Waals surface area contributed by atoms with Crippen molar-refractivity contribution in [3.8, 4) is 0 Å². The zero-order chi connectivity index (χ0) is 11.4. The summed E-state index contributed by atoms with van der Waals surface area (Å²) in [6.07, 6.45) is 0. The number of rotatable bonds is 3. The van der Waals surface area contributed by atoms with E-state index < -0.39 is 5.82 Å². The predicted octanol–water partition coefficient (Wildman–Crippen LogP) is 2.89. The molecule has 80 valence electrons. The second kappa shape index (κ2) is 5.07. The molecule has 1 aromatic carbocycles. The molecular formula is C11H11BrFNO. The number of amides is 1. The summed E-state index contributed by atoms with van der Waals surface area (Å²) in [5, 5.41) is 2.63. The van der Waals surface area contributed by atoms with E-state index in [1.165, 1.54) is 12.1 Å². The molecule has 0 saturated carbocycles. The molecule has 0 aliphatic heterocycles. The first-order valence-electron chi connectivity index (χ1n) is 4.39. The van der Waals surface area contributed by atoms with Crippen LogP contribution in [0.4, 0.5) is 4.39 Å². The van der Waals surface area contributed by atoms with Crippen molar-refractivity contribution in [1.82, 2.24) is 5.32 Å². The summed E-state index contributed by atoms with van der Waals surface area (Å²) in [6.45, 7) is 5.86. The van der Waals surface area contributed by atoms with E-state index in [4.69, 9.17) is 0 Å². The Balaban J connectivity index is 2.82. The second-order valence-corrected chi connectivity index (χ2v) is 4.03. The fourth-order valence-electron chi connectivity index (χ4n) is 1.01. The van der Waals surface area contributed by atoms with Crippen molar-refractivity contribution < 1.29 is 9.18 Å². The Morgan fingerprint density at radius 2 is 2.27 bits per heavy atom. The lowest BCUT2D eigenvalue weighted by molar-refractivity contribution is 0.0955. The topological polar surface area (TPSA) is 29.1 Å². The predicted molar refractivity (Wildman–Crippen MR) is 61.2 cm³/mol. The fraction of sp³-hybridized carbons (Fsp3) is 0.182. The molecule has 0 saturated heterocycles. The van der Waals surface area contributed by atoms with Crippen LogP contribution in [0.15, 0.2) is 34.8 Å². The molecule has 1 aromatic rings. The highest BCUT2D eigenvalue weighted by molar-refractivity contribution is 9.10. The Bertz CT molecular complexity index is 404. The van der Waals surface area contributed by atoms with Crippen molar-refractivity contribution in [2.75, 3.05) is 6.54 Å². The van der Waals surface area contributed by atoms with Gasteiger partial charge in [0.25, 0.3) is 5.91 Å². The van der Waals surface area contributed by atoms with Crippen LogP contribution in [0.25, 0.3) is 0 Å². The number of carbonyl (C=O) groups excluding carboxylic acids is 1. The monoisotopic (exact) mass is 271 g/mol. The molecule has 0 aromatic heterocycles. The first-order valence-corrected chi connectivity index (χ1v) is 5.18. The molecule has 1 rings (SSSR count). The Labute approximate surface area is 96.3 Å². The maximum Gasteiger partial charge on any atom is 0.252 e. The van der Waals surface area contributed by atoms with E-state index in [1.807, 2.05) is 0 Å². The fourth-order valence-corrected chi connectivity index (χ4v) is 1.45. The molecule has 0 heterocycles. The maximum absolute atomic E-state index is 13.1. The Hall–Kier alpha value is -1.16. The van der Waals surface area contributed by atoms with Crippen LogP contribution in [0.5, 0.6) is 0 Å². The summed E-state index contributed by atoms with van der Waals surface area (Å²) in [7, 11) is 0. The van der Waals surface area contributed by atoms with Crippen molar-refractivity contribution in [3.05, 3.63) is 46.2 Å². The van der Waals surface area contributed by atoms with Gasteiger partial charge in [-0.1, -0.05) is 18.2 Å². The zero-order valence-corrected chi connectivity index (χ0v) is 9.90. The van der Waals surface area contributed by atoms with Crippen LogP contribution in [-0.4, -0.2) is 12.5 Å². The minimum atomic E-state index is -0.446. The van der Waals surface area contributed by atoms with Gasteiger partial charge < -0.3 is 5.32 Å². The molecule has 1 N–H and O–H groups in total. The van der Waals surface area contributed by atoms with Crippen LogP contribution in [-0.2, 0) is 0 Å². The summed E-state index contributed by atoms with van der Waals surface area (Å²) in [5.74, 6) is -0.762. The van der Waals surface area contributed by atoms with Crippen LogP contribution in [0.1, 0.15) is 17.3 Å². The number of hydrogen-bond donors (Lipinski definition) is 1. The van der Waals surface area contributed by atoms with Gasteiger partial charge in [-0.3, -0.25) is 4.79 Å². The van der Waals surface area contributed by atoms with Crippen molar-refractivity contribution in [1.29, 1.82) is 0 Å². The quantitative estimate of drug-likeness (QED) is 0.842. The average Bonchev–Trinajstić information content (AvgIpc) is 2.18. The van der Waals surface area contributed by atoms with Crippen molar-refractivity contribution in [2.24, 2.45) is 0 Å². The third kappa shape index (κ3) is 3.16. The van der Waals surface area contributed by atoms with Crippen molar-refractivity contribution >= 4 is 21.8 Å². The van der Waals surface area contributed by atoms with E-state index >= 15 is 0 Å². The van der Waals surface area contributed by atoms with E-state index in [9.17, 15) is 9.18 Å². The molecule has 0 spiro atoms. The molecule has 15 heavy (non-hydrogen) atoms. The lowest BCUT2D eigenvalue weighted by Gasteiger charge is -2.06. The van der Waals surface area contributed by atoms with Gasteiger partial charge in [0.1, 0.15) is 5.82 Å². The van der Waals surface area contributed by atoms with Gasteiger partial charge in [-0.2, -0.15) is 0 Å². The third-order valence-electron chi connectivity index (χ3n) is 1.75. The van der Waals surface area contributed by atoms with E-state index in [0.717, 1.165) is 5.57 Å². The first kappa shape index (κ1) is 11.9. The third-order valence-corrected chi connectivity index (χ3v) is 2.55. The standard InChI is InChI=1S/C11H11BrFNO/c1-7(2)6-14-11(15)8-4-3-5-9(13)10(8)12/h3-5H,1,6H2,2H3,(H,14,15). The van der Waals surface area contributed by atoms with Crippen LogP contribution >= 0.6 is 15.9 Å². The number of carbonyl (C=O) groups is 1. The van der Waals surface area contributed by atoms with Crippen molar-refractivity contribution in [2.45, 2.75) is 6.92 Å². The van der Waals surface area contributed by atoms with Gasteiger partial charge in [0, 0.05) is 6.54 Å². The number of nitrogens with one attached hydrogen (secondary N) is 1. The second-order valence-electron chi connectivity index (χ2n) is 3.24. The molecule has 0 atom stereocenters. The van der Waals surface area contributed by atoms with Crippen LogP contribution < -0.4 is 5.32 Å². The highest BCUT2D eigenvalue weighted by atomic mass is 79.9. The minimum Gasteiger partial charge on any atom is -0.348 e. The minimum absolute atomic E-state index is 0.184. The molecule has 1 amide bonds. The molecule has 0 radical (unpaired) electrons. The molecular weight excluding hydrogens is 261 g/mol. The SMILES string of the molecule is C=C(C)CNC(=O)c1cccc(F)c1Br. The molecule has 2 nitrogen and oxygen atoms in total. The molecule has 0 aliphatic rings. The summed E-state index contributed by atoms with van der Waals surface area (Å²) < 4.78 is 13.3. The van der Waals surface area contributed by atoms with Gasteiger partial charge in [0.2, 0.25) is 0 Å². The van der Waals surface area contributed by atoms with Crippen molar-refractivity contribution in [3.63, 3.8) is 0 Å². The van der Waals surface area contributed by atoms with E-state index in [-0.39, 0.29) is 15.9 Å². The maximum atomic E-state index is 13.1. The van der Waals surface area contributed by atoms with Gasteiger partial charge in [0.05, 0.1) is 10.0 Å². The lowest BCUT2D eigenvalue weighted by atomic mass is 10.2. The zero-order valence-electron chi connectivity index (χ0n) is 8.31. The Kier molecular flexibility index (Phi) is 4.03. The van der Waals surface area contributed by atoms with E-state index in [2.05, 4.69) is 27.8 Å². The molecule has 0 unspecified atom stereocenters. The summed E-state index contributed by atoms with van der Waals surface area (Å²) >= 11 is 3.03. The van der Waals surface area contributed by atoms with Gasteiger partial charge in [-0.25, -0.2) is 4.39 Å². The highest BCUT2D eigenvalue weighted by Crippen LogP contribution is 2.20. The number of halogens is 2. The van der Waals surface area contributed by atoms with Crippen LogP contribution in [0.3, 0.4) is 0 Å². The van der Waals surface area contributed by atoms with E-state index in [0.29, 0.717) is 6.54 Å². The summed E-state index contributed by atoms with van der Waals surface area (Å²) in [6, 6.07) is 4.34. The lowest BCUT2D eigenvalue weighted by Crippen LogP contribution is -2.25. The van der Waals surface area contributed by atoms with E-state index in [1.54, 1.807) is 13.0 Å². The highest BCUT2D eigenvalue weighted by Gasteiger charge is 2.11. The number of hydrogen-bond acceptors (Lipinski definition) is 1. The van der Waals surface area contributed by atoms with Gasteiger partial charge in [-0.15, -0.1) is 0 Å². The largest absolute Gasteiger partial charge is 0.348 e. The average molecular weight is 272 g/mol. The molecule has 0 aliphatic carbocycles. The first-order chi connectivity index (χ1) is 7.02. The van der Waals surface area contributed by atoms with Crippen LogP contribution in [0.2, 0.25) is 0 Å². The summed E-state index contributed by atoms with van der Waals surface area (Å²) in [4.78, 5) is 11.6. The van der Waals surface area contributed by atoms with Gasteiger partial charge >= 0.3 is 0 Å². The Morgan fingerprint density at radius 1 is 1.60 bits per heavy atom. The number of benzene rings is 1. The van der Waals surface area contributed by atoms with Gasteiger partial charge in [0.15, 0.2) is 0 Å². The smallest absolute Gasteiger partial charge is 0.252 e.